The Hall–Kier alpha value is -3.08. The number of hydrogen-bond acceptors (Lipinski definition) is 4. The summed E-state index contributed by atoms with van der Waals surface area (Å²) in [5.41, 5.74) is 1.32. The molecule has 138 valence electrons. The Balaban J connectivity index is 1.51. The van der Waals surface area contributed by atoms with Crippen molar-refractivity contribution in [3.8, 4) is 5.75 Å². The van der Waals surface area contributed by atoms with Crippen molar-refractivity contribution < 1.29 is 18.7 Å². The standard InChI is InChI=1S/C22H21NO4/c1-26-18-9-4-7-16(12-18)21(24)17-8-5-11-23(14-17)22(25)20-13-15-6-2-3-10-19(15)27-20/h2-4,6-7,9-10,12-13,17H,5,8,11,14H2,1H3. The first-order valence-corrected chi connectivity index (χ1v) is 9.12. The van der Waals surface area contributed by atoms with E-state index in [1.54, 1.807) is 30.2 Å². The fourth-order valence-electron chi connectivity index (χ4n) is 3.63. The summed E-state index contributed by atoms with van der Waals surface area (Å²) in [5.74, 6) is 0.669. The lowest BCUT2D eigenvalue weighted by atomic mass is 9.90. The van der Waals surface area contributed by atoms with Gasteiger partial charge in [-0.2, -0.15) is 0 Å². The molecular weight excluding hydrogens is 342 g/mol. The molecular formula is C22H21NO4. The average molecular weight is 363 g/mol. The number of Topliss-reactive ketones (excluding diaryl/α,β-unsaturated/α-hetero) is 1. The van der Waals surface area contributed by atoms with Crippen molar-refractivity contribution in [2.75, 3.05) is 20.2 Å². The number of benzene rings is 2. The van der Waals surface area contributed by atoms with Crippen LogP contribution in [0.3, 0.4) is 0 Å². The highest BCUT2D eigenvalue weighted by Crippen LogP contribution is 2.26. The van der Waals surface area contributed by atoms with Gasteiger partial charge in [0.1, 0.15) is 11.3 Å². The summed E-state index contributed by atoms with van der Waals surface area (Å²) in [6, 6.07) is 16.5. The number of furan rings is 1. The third-order valence-corrected chi connectivity index (χ3v) is 5.07. The smallest absolute Gasteiger partial charge is 0.289 e. The molecule has 27 heavy (non-hydrogen) atoms. The summed E-state index contributed by atoms with van der Waals surface area (Å²) < 4.78 is 10.9. The number of carbonyl (C=O) groups excluding carboxylic acids is 2. The molecule has 0 N–H and O–H groups in total. The highest BCUT2D eigenvalue weighted by molar-refractivity contribution is 6.00. The largest absolute Gasteiger partial charge is 0.497 e. The molecule has 4 rings (SSSR count). The third kappa shape index (κ3) is 3.45. The van der Waals surface area contributed by atoms with Crippen LogP contribution >= 0.6 is 0 Å². The molecule has 2 heterocycles. The van der Waals surface area contributed by atoms with Gasteiger partial charge in [0.05, 0.1) is 7.11 Å². The topological polar surface area (TPSA) is 59.8 Å². The van der Waals surface area contributed by atoms with Crippen LogP contribution in [0.1, 0.15) is 33.8 Å². The zero-order valence-electron chi connectivity index (χ0n) is 15.2. The Kier molecular flexibility index (Phi) is 4.67. The van der Waals surface area contributed by atoms with Gasteiger partial charge in [0.15, 0.2) is 11.5 Å². The molecule has 1 unspecified atom stereocenters. The second-order valence-corrected chi connectivity index (χ2v) is 6.84. The molecule has 0 saturated carbocycles. The van der Waals surface area contributed by atoms with E-state index in [-0.39, 0.29) is 17.6 Å². The average Bonchev–Trinajstić information content (AvgIpc) is 3.17. The van der Waals surface area contributed by atoms with Crippen molar-refractivity contribution >= 4 is 22.7 Å². The summed E-state index contributed by atoms with van der Waals surface area (Å²) in [5, 5.41) is 0.905. The van der Waals surface area contributed by atoms with Crippen molar-refractivity contribution in [3.05, 3.63) is 65.9 Å². The van der Waals surface area contributed by atoms with E-state index in [9.17, 15) is 9.59 Å². The minimum atomic E-state index is -0.209. The quantitative estimate of drug-likeness (QED) is 0.653. The molecule has 1 atom stereocenters. The van der Waals surface area contributed by atoms with Gasteiger partial charge in [-0.15, -0.1) is 0 Å². The maximum Gasteiger partial charge on any atom is 0.289 e. The first-order valence-electron chi connectivity index (χ1n) is 9.12. The fraction of sp³-hybridized carbons (Fsp3) is 0.273. The zero-order valence-corrected chi connectivity index (χ0v) is 15.2. The molecule has 0 spiro atoms. The molecule has 1 fully saturated rings. The van der Waals surface area contributed by atoms with Gasteiger partial charge < -0.3 is 14.1 Å². The maximum absolute atomic E-state index is 12.9. The van der Waals surface area contributed by atoms with Gasteiger partial charge in [-0.05, 0) is 37.1 Å². The first-order chi connectivity index (χ1) is 13.2. The second-order valence-electron chi connectivity index (χ2n) is 6.84. The molecule has 1 amide bonds. The predicted octanol–water partition coefficient (Wildman–Crippen LogP) is 4.18. The lowest BCUT2D eigenvalue weighted by Crippen LogP contribution is -2.42. The van der Waals surface area contributed by atoms with Crippen LogP contribution in [0.4, 0.5) is 0 Å². The number of rotatable bonds is 4. The van der Waals surface area contributed by atoms with Crippen molar-refractivity contribution in [1.29, 1.82) is 0 Å². The molecule has 1 aromatic heterocycles. The Labute approximate surface area is 157 Å². The van der Waals surface area contributed by atoms with Crippen molar-refractivity contribution in [2.24, 2.45) is 5.92 Å². The van der Waals surface area contributed by atoms with Gasteiger partial charge in [0.25, 0.3) is 5.91 Å². The number of hydrogen-bond donors (Lipinski definition) is 0. The summed E-state index contributed by atoms with van der Waals surface area (Å²) in [6.45, 7) is 1.05. The minimum Gasteiger partial charge on any atom is -0.497 e. The Morgan fingerprint density at radius 1 is 1.11 bits per heavy atom. The lowest BCUT2D eigenvalue weighted by molar-refractivity contribution is 0.0612. The molecule has 5 nitrogen and oxygen atoms in total. The Morgan fingerprint density at radius 3 is 2.78 bits per heavy atom. The zero-order chi connectivity index (χ0) is 18.8. The van der Waals surface area contributed by atoms with Crippen LogP contribution in [0, 0.1) is 5.92 Å². The van der Waals surface area contributed by atoms with Crippen molar-refractivity contribution in [2.45, 2.75) is 12.8 Å². The second kappa shape index (κ2) is 7.27. The lowest BCUT2D eigenvalue weighted by Gasteiger charge is -2.31. The van der Waals surface area contributed by atoms with Crippen LogP contribution in [0.15, 0.2) is 59.0 Å². The maximum atomic E-state index is 12.9. The summed E-state index contributed by atoms with van der Waals surface area (Å²) >= 11 is 0. The van der Waals surface area contributed by atoms with Gasteiger partial charge in [0.2, 0.25) is 0 Å². The number of methoxy groups -OCH3 is 1. The molecule has 5 heteroatoms. The van der Waals surface area contributed by atoms with Crippen molar-refractivity contribution in [3.63, 3.8) is 0 Å². The van der Waals surface area contributed by atoms with E-state index >= 15 is 0 Å². The van der Waals surface area contributed by atoms with Gasteiger partial charge >= 0.3 is 0 Å². The van der Waals surface area contributed by atoms with Gasteiger partial charge in [-0.25, -0.2) is 0 Å². The number of carbonyl (C=O) groups is 2. The number of para-hydroxylation sites is 1. The minimum absolute atomic E-state index is 0.0519. The summed E-state index contributed by atoms with van der Waals surface area (Å²) in [4.78, 5) is 27.5. The molecule has 2 aromatic carbocycles. The molecule has 1 saturated heterocycles. The van der Waals surface area contributed by atoms with Crippen LogP contribution in [0.2, 0.25) is 0 Å². The fourth-order valence-corrected chi connectivity index (χ4v) is 3.63. The molecule has 1 aliphatic rings. The summed E-state index contributed by atoms with van der Waals surface area (Å²) in [7, 11) is 1.58. The number of piperidine rings is 1. The third-order valence-electron chi connectivity index (χ3n) is 5.07. The number of ketones is 1. The SMILES string of the molecule is COc1cccc(C(=O)C2CCCN(C(=O)c3cc4ccccc4o3)C2)c1. The van der Waals surface area contributed by atoms with Crippen LogP contribution in [-0.2, 0) is 0 Å². The van der Waals surface area contributed by atoms with Crippen LogP contribution < -0.4 is 4.74 Å². The number of likely N-dealkylation sites (tertiary alicyclic amines) is 1. The Bertz CT molecular complexity index is 958. The number of nitrogens with zero attached hydrogens (tertiary/aromatic N) is 1. The number of amides is 1. The molecule has 0 radical (unpaired) electrons. The Morgan fingerprint density at radius 2 is 1.96 bits per heavy atom. The van der Waals surface area contributed by atoms with Gasteiger partial charge in [-0.3, -0.25) is 9.59 Å². The highest BCUT2D eigenvalue weighted by Gasteiger charge is 2.30. The van der Waals surface area contributed by atoms with Crippen LogP contribution in [0.25, 0.3) is 11.0 Å². The van der Waals surface area contributed by atoms with Gasteiger partial charge in [-0.1, -0.05) is 30.3 Å². The molecule has 3 aromatic rings. The van der Waals surface area contributed by atoms with Crippen molar-refractivity contribution in [1.82, 2.24) is 4.90 Å². The van der Waals surface area contributed by atoms with E-state index in [1.807, 2.05) is 36.4 Å². The normalized spacial score (nSPS) is 17.1. The predicted molar refractivity (Wildman–Crippen MR) is 102 cm³/mol. The first kappa shape index (κ1) is 17.3. The monoisotopic (exact) mass is 363 g/mol. The molecule has 1 aliphatic heterocycles. The van der Waals surface area contributed by atoms with E-state index in [4.69, 9.17) is 9.15 Å². The number of fused-ring (bicyclic) bond motifs is 1. The van der Waals surface area contributed by atoms with E-state index < -0.39 is 0 Å². The van der Waals surface area contributed by atoms with Crippen LogP contribution in [0.5, 0.6) is 5.75 Å². The van der Waals surface area contributed by atoms with E-state index in [1.165, 1.54) is 0 Å². The molecule has 0 aliphatic carbocycles. The van der Waals surface area contributed by atoms with E-state index in [0.717, 1.165) is 18.2 Å². The highest BCUT2D eigenvalue weighted by atomic mass is 16.5. The van der Waals surface area contributed by atoms with Crippen LogP contribution in [-0.4, -0.2) is 36.8 Å². The van der Waals surface area contributed by atoms with E-state index in [0.29, 0.717) is 35.7 Å². The van der Waals surface area contributed by atoms with Gasteiger partial charge in [0, 0.05) is 30.0 Å². The summed E-state index contributed by atoms with van der Waals surface area (Å²) in [6.07, 6.45) is 1.58. The molecule has 0 bridgehead atoms. The number of ether oxygens (including phenoxy) is 1. The van der Waals surface area contributed by atoms with E-state index in [2.05, 4.69) is 0 Å².